The second-order valence-electron chi connectivity index (χ2n) is 5.55. The van der Waals surface area contributed by atoms with E-state index in [0.717, 1.165) is 0 Å². The molecule has 2 fully saturated rings. The van der Waals surface area contributed by atoms with E-state index in [2.05, 4.69) is 35.4 Å². The van der Waals surface area contributed by atoms with Gasteiger partial charge in [-0.25, -0.2) is 0 Å². The number of piperidine rings is 2. The average Bonchev–Trinajstić information content (AvgIpc) is 2.37. The lowest BCUT2D eigenvalue weighted by Crippen LogP contribution is -2.55. The van der Waals surface area contributed by atoms with Gasteiger partial charge in [0.2, 0.25) is 0 Å². The van der Waals surface area contributed by atoms with Crippen LogP contribution in [0.4, 0.5) is 5.69 Å². The van der Waals surface area contributed by atoms with E-state index >= 15 is 0 Å². The number of nitrogens with two attached hydrogens (primary N) is 1. The predicted octanol–water partition coefficient (Wildman–Crippen LogP) is 3.26. The minimum Gasteiger partial charge on any atom is -0.365 e. The highest BCUT2D eigenvalue weighted by Crippen LogP contribution is 2.40. The van der Waals surface area contributed by atoms with Gasteiger partial charge in [0.25, 0.3) is 0 Å². The van der Waals surface area contributed by atoms with Crippen LogP contribution >= 0.6 is 11.8 Å². The third-order valence-corrected chi connectivity index (χ3v) is 5.16. The third kappa shape index (κ3) is 2.14. The number of hydrogen-bond acceptors (Lipinski definition) is 3. The summed E-state index contributed by atoms with van der Waals surface area (Å²) in [6, 6.07) is 10.6. The van der Waals surface area contributed by atoms with Crippen molar-refractivity contribution in [2.45, 2.75) is 55.1 Å². The lowest BCUT2D eigenvalue weighted by molar-refractivity contribution is 0.270. The molecule has 2 heterocycles. The van der Waals surface area contributed by atoms with Crippen molar-refractivity contribution in [3.05, 3.63) is 24.3 Å². The molecule has 2 saturated heterocycles. The number of fused-ring (bicyclic) bond motifs is 2. The van der Waals surface area contributed by atoms with Crippen LogP contribution in [0.2, 0.25) is 0 Å². The van der Waals surface area contributed by atoms with Gasteiger partial charge in [0.05, 0.1) is 5.69 Å². The maximum absolute atomic E-state index is 6.20. The van der Waals surface area contributed by atoms with Gasteiger partial charge in [0, 0.05) is 23.0 Å². The molecule has 18 heavy (non-hydrogen) atoms. The van der Waals surface area contributed by atoms with E-state index in [1.807, 2.05) is 11.8 Å². The zero-order valence-electron chi connectivity index (χ0n) is 11.0. The van der Waals surface area contributed by atoms with E-state index in [4.69, 9.17) is 5.73 Å². The zero-order valence-corrected chi connectivity index (χ0v) is 11.8. The van der Waals surface area contributed by atoms with Crippen molar-refractivity contribution in [1.29, 1.82) is 0 Å². The molecule has 2 unspecified atom stereocenters. The first-order chi connectivity index (χ1) is 8.79. The first kappa shape index (κ1) is 12.4. The van der Waals surface area contributed by atoms with Gasteiger partial charge in [0.1, 0.15) is 0 Å². The Morgan fingerprint density at radius 3 is 2.50 bits per heavy atom. The Hall–Kier alpha value is -0.670. The molecule has 3 rings (SSSR count). The molecule has 1 aromatic carbocycles. The minimum absolute atomic E-state index is 0.415. The molecule has 2 atom stereocenters. The molecule has 0 aromatic heterocycles. The fourth-order valence-corrected chi connectivity index (χ4v) is 4.26. The van der Waals surface area contributed by atoms with Crippen LogP contribution in [-0.2, 0) is 0 Å². The highest BCUT2D eigenvalue weighted by Gasteiger charge is 2.37. The van der Waals surface area contributed by atoms with E-state index in [0.29, 0.717) is 18.1 Å². The maximum atomic E-state index is 6.20. The van der Waals surface area contributed by atoms with Crippen LogP contribution in [0.5, 0.6) is 0 Å². The van der Waals surface area contributed by atoms with Gasteiger partial charge in [-0.05, 0) is 50.5 Å². The zero-order chi connectivity index (χ0) is 12.5. The fourth-order valence-electron chi connectivity index (χ4n) is 3.66. The van der Waals surface area contributed by atoms with Crippen LogP contribution in [0.15, 0.2) is 29.2 Å². The van der Waals surface area contributed by atoms with Gasteiger partial charge in [0.15, 0.2) is 0 Å². The Balaban J connectivity index is 1.95. The summed E-state index contributed by atoms with van der Waals surface area (Å²) in [4.78, 5) is 4.09. The van der Waals surface area contributed by atoms with Gasteiger partial charge in [-0.1, -0.05) is 12.1 Å². The first-order valence-electron chi connectivity index (χ1n) is 6.96. The van der Waals surface area contributed by atoms with Crippen LogP contribution in [-0.4, -0.2) is 24.4 Å². The Bertz CT molecular complexity index is 407. The monoisotopic (exact) mass is 262 g/mol. The van der Waals surface area contributed by atoms with Crippen LogP contribution in [0, 0.1) is 0 Å². The molecule has 0 aliphatic carbocycles. The quantitative estimate of drug-likeness (QED) is 0.830. The molecule has 2 bridgehead atoms. The highest BCUT2D eigenvalue weighted by molar-refractivity contribution is 7.98. The number of hydrogen-bond donors (Lipinski definition) is 1. The van der Waals surface area contributed by atoms with Crippen LogP contribution in [0.25, 0.3) is 0 Å². The van der Waals surface area contributed by atoms with Crippen molar-refractivity contribution in [2.24, 2.45) is 5.73 Å². The fraction of sp³-hybridized carbons (Fsp3) is 0.600. The summed E-state index contributed by atoms with van der Waals surface area (Å²) < 4.78 is 0. The van der Waals surface area contributed by atoms with E-state index in [1.165, 1.54) is 42.7 Å². The molecule has 2 aliphatic rings. The summed E-state index contributed by atoms with van der Waals surface area (Å²) in [5.41, 5.74) is 7.64. The van der Waals surface area contributed by atoms with Crippen molar-refractivity contribution in [3.63, 3.8) is 0 Å². The summed E-state index contributed by atoms with van der Waals surface area (Å²) >= 11 is 1.86. The summed E-state index contributed by atoms with van der Waals surface area (Å²) in [5, 5.41) is 0. The summed E-state index contributed by atoms with van der Waals surface area (Å²) in [6.45, 7) is 0. The first-order valence-corrected chi connectivity index (χ1v) is 8.19. The van der Waals surface area contributed by atoms with Gasteiger partial charge in [-0.3, -0.25) is 0 Å². The van der Waals surface area contributed by atoms with Crippen molar-refractivity contribution < 1.29 is 0 Å². The Labute approximate surface area is 114 Å². The second-order valence-corrected chi connectivity index (χ2v) is 6.40. The Morgan fingerprint density at radius 2 is 1.83 bits per heavy atom. The molecular formula is C15H22N2S. The SMILES string of the molecule is CSc1ccccc1N1C2CCCC1CC(N)C2. The Morgan fingerprint density at radius 1 is 1.17 bits per heavy atom. The van der Waals surface area contributed by atoms with Crippen molar-refractivity contribution in [3.8, 4) is 0 Å². The smallest absolute Gasteiger partial charge is 0.0509 e. The molecule has 2 aliphatic heterocycles. The predicted molar refractivity (Wildman–Crippen MR) is 79.3 cm³/mol. The lowest BCUT2D eigenvalue weighted by Gasteiger charge is -2.50. The molecule has 2 N–H and O–H groups in total. The minimum atomic E-state index is 0.415. The van der Waals surface area contributed by atoms with Gasteiger partial charge in [-0.2, -0.15) is 0 Å². The van der Waals surface area contributed by atoms with E-state index in [9.17, 15) is 0 Å². The van der Waals surface area contributed by atoms with E-state index in [-0.39, 0.29) is 0 Å². The third-order valence-electron chi connectivity index (χ3n) is 4.37. The molecule has 1 aromatic rings. The number of thioether (sulfide) groups is 1. The van der Waals surface area contributed by atoms with Crippen molar-refractivity contribution in [1.82, 2.24) is 0 Å². The molecule has 0 spiro atoms. The van der Waals surface area contributed by atoms with E-state index in [1.54, 1.807) is 0 Å². The van der Waals surface area contributed by atoms with Crippen LogP contribution in [0.3, 0.4) is 0 Å². The number of benzene rings is 1. The molecular weight excluding hydrogens is 240 g/mol. The van der Waals surface area contributed by atoms with Crippen molar-refractivity contribution >= 4 is 17.4 Å². The second kappa shape index (κ2) is 5.14. The van der Waals surface area contributed by atoms with Crippen LogP contribution in [0.1, 0.15) is 32.1 Å². The summed E-state index contributed by atoms with van der Waals surface area (Å²) in [5.74, 6) is 0. The Kier molecular flexibility index (Phi) is 3.53. The maximum Gasteiger partial charge on any atom is 0.0509 e. The average molecular weight is 262 g/mol. The summed E-state index contributed by atoms with van der Waals surface area (Å²) in [6.07, 6.45) is 8.50. The topological polar surface area (TPSA) is 29.3 Å². The molecule has 98 valence electrons. The standard InChI is InChI=1S/C15H22N2S/c1-18-15-8-3-2-7-14(15)17-12-5-4-6-13(17)10-11(16)9-12/h2-3,7-8,11-13H,4-6,9-10,16H2,1H3. The highest BCUT2D eigenvalue weighted by atomic mass is 32.2. The number of nitrogens with zero attached hydrogens (tertiary/aromatic N) is 1. The lowest BCUT2D eigenvalue weighted by atomic mass is 9.81. The molecule has 0 radical (unpaired) electrons. The number of para-hydroxylation sites is 1. The molecule has 3 heteroatoms. The van der Waals surface area contributed by atoms with Crippen molar-refractivity contribution in [2.75, 3.05) is 11.2 Å². The molecule has 0 saturated carbocycles. The van der Waals surface area contributed by atoms with Crippen LogP contribution < -0.4 is 10.6 Å². The normalized spacial score (nSPS) is 31.4. The summed E-state index contributed by atoms with van der Waals surface area (Å²) in [7, 11) is 0. The van der Waals surface area contributed by atoms with E-state index < -0.39 is 0 Å². The largest absolute Gasteiger partial charge is 0.365 e. The molecule has 0 amide bonds. The van der Waals surface area contributed by atoms with Gasteiger partial charge < -0.3 is 10.6 Å². The number of rotatable bonds is 2. The van der Waals surface area contributed by atoms with Gasteiger partial charge in [-0.15, -0.1) is 11.8 Å². The number of anilines is 1. The van der Waals surface area contributed by atoms with Gasteiger partial charge >= 0.3 is 0 Å². The molecule has 2 nitrogen and oxygen atoms in total.